The molecule has 0 saturated carbocycles. The minimum absolute atomic E-state index is 0.00574. The first-order chi connectivity index (χ1) is 24.5. The lowest BCUT2D eigenvalue weighted by atomic mass is 10.0. The maximum Gasteiger partial charge on any atom is 0.256 e. The topological polar surface area (TPSA) is 139 Å². The number of aryl methyl sites for hydroxylation is 2. The fourth-order valence-electron chi connectivity index (χ4n) is 6.59. The van der Waals surface area contributed by atoms with Crippen LogP contribution in [-0.2, 0) is 18.3 Å². The number of imidazole rings is 1. The summed E-state index contributed by atoms with van der Waals surface area (Å²) in [5.41, 5.74) is 7.92. The van der Waals surface area contributed by atoms with E-state index >= 15 is 0 Å². The molecule has 0 unspecified atom stereocenters. The van der Waals surface area contributed by atoms with Gasteiger partial charge in [0.2, 0.25) is 5.91 Å². The number of Topliss-reactive ketones (excluding diaryl/α,β-unsaturated/α-hetero) is 2. The number of nitrogens with one attached hydrogen (secondary N) is 2. The van der Waals surface area contributed by atoms with Gasteiger partial charge in [-0.25, -0.2) is 4.98 Å². The van der Waals surface area contributed by atoms with Crippen LogP contribution in [0.1, 0.15) is 68.5 Å². The SMILES string of the molecule is C=C1C[C@H]2C=Nc3cc(OCCCC(=O)Nc4cc(C(=O)Cc5ccc(-c6nc7ccc(C(C)=O)cc7[nH]6)cc5)n(C)c4)c(C)cc3C(=O)N2C1. The second kappa shape index (κ2) is 13.7. The Balaban J connectivity index is 0.904. The number of nitrogens with zero attached hydrogens (tertiary/aromatic N) is 4. The zero-order valence-electron chi connectivity index (χ0n) is 28.8. The van der Waals surface area contributed by atoms with Crippen LogP contribution in [0.25, 0.3) is 22.4 Å². The minimum atomic E-state index is -0.182. The number of hydrogen-bond donors (Lipinski definition) is 2. The summed E-state index contributed by atoms with van der Waals surface area (Å²) in [5.74, 6) is 0.996. The third-order valence-electron chi connectivity index (χ3n) is 9.32. The van der Waals surface area contributed by atoms with Gasteiger partial charge in [-0.2, -0.15) is 0 Å². The molecular weight excluding hydrogens is 644 g/mol. The van der Waals surface area contributed by atoms with Crippen molar-refractivity contribution in [3.63, 3.8) is 0 Å². The predicted molar refractivity (Wildman–Crippen MR) is 196 cm³/mol. The highest BCUT2D eigenvalue weighted by molar-refractivity contribution is 6.04. The van der Waals surface area contributed by atoms with E-state index in [1.54, 1.807) is 47.0 Å². The highest BCUT2D eigenvalue weighted by Gasteiger charge is 2.33. The zero-order valence-corrected chi connectivity index (χ0v) is 28.8. The highest BCUT2D eigenvalue weighted by Crippen LogP contribution is 2.35. The van der Waals surface area contributed by atoms with Gasteiger partial charge in [-0.15, -0.1) is 0 Å². The molecule has 0 aliphatic carbocycles. The maximum atomic E-state index is 13.2. The first-order valence-electron chi connectivity index (χ1n) is 16.9. The Hall–Kier alpha value is -6.10. The van der Waals surface area contributed by atoms with E-state index in [1.807, 2.05) is 49.5 Å². The lowest BCUT2D eigenvalue weighted by Gasteiger charge is -2.20. The summed E-state index contributed by atoms with van der Waals surface area (Å²) in [6.07, 6.45) is 5.16. The third-order valence-corrected chi connectivity index (χ3v) is 9.32. The van der Waals surface area contributed by atoms with Crippen LogP contribution in [0.2, 0.25) is 0 Å². The molecule has 2 aliphatic heterocycles. The first kappa shape index (κ1) is 33.4. The summed E-state index contributed by atoms with van der Waals surface area (Å²) in [4.78, 5) is 65.2. The number of fused-ring (bicyclic) bond motifs is 3. The number of H-pyrrole nitrogens is 1. The number of carbonyl (C=O) groups excluding carboxylic acids is 4. The van der Waals surface area contributed by atoms with Crippen molar-refractivity contribution in [1.29, 1.82) is 0 Å². The number of rotatable bonds is 11. The van der Waals surface area contributed by atoms with Gasteiger partial charge in [0.15, 0.2) is 11.6 Å². The smallest absolute Gasteiger partial charge is 0.256 e. The Kier molecular flexibility index (Phi) is 8.95. The number of benzene rings is 3. The van der Waals surface area contributed by atoms with Crippen LogP contribution in [0.4, 0.5) is 11.4 Å². The minimum Gasteiger partial charge on any atom is -0.493 e. The van der Waals surface area contributed by atoms with Crippen LogP contribution >= 0.6 is 0 Å². The molecule has 1 atom stereocenters. The first-order valence-corrected chi connectivity index (χ1v) is 16.9. The summed E-state index contributed by atoms with van der Waals surface area (Å²) in [7, 11) is 1.78. The number of anilines is 1. The fourth-order valence-corrected chi connectivity index (χ4v) is 6.59. The maximum absolute atomic E-state index is 13.2. The van der Waals surface area contributed by atoms with Crippen molar-refractivity contribution in [3.8, 4) is 17.1 Å². The van der Waals surface area contributed by atoms with Crippen molar-refractivity contribution < 1.29 is 23.9 Å². The lowest BCUT2D eigenvalue weighted by Crippen LogP contribution is -2.35. The fraction of sp³-hybridized carbons (Fsp3) is 0.250. The number of aromatic nitrogens is 3. The normalized spacial score (nSPS) is 15.1. The Bertz CT molecular complexity index is 2260. The Morgan fingerprint density at radius 3 is 2.67 bits per heavy atom. The van der Waals surface area contributed by atoms with Crippen molar-refractivity contribution in [3.05, 3.63) is 107 Å². The van der Waals surface area contributed by atoms with Crippen molar-refractivity contribution in [2.45, 2.75) is 45.6 Å². The second-order valence-corrected chi connectivity index (χ2v) is 13.3. The Labute approximate surface area is 295 Å². The second-order valence-electron chi connectivity index (χ2n) is 13.3. The highest BCUT2D eigenvalue weighted by atomic mass is 16.5. The van der Waals surface area contributed by atoms with Crippen LogP contribution < -0.4 is 10.1 Å². The van der Waals surface area contributed by atoms with Crippen molar-refractivity contribution in [1.82, 2.24) is 19.4 Å². The van der Waals surface area contributed by atoms with E-state index in [2.05, 4.69) is 26.9 Å². The van der Waals surface area contributed by atoms with E-state index in [1.165, 1.54) is 6.92 Å². The molecule has 2 aliphatic rings. The van der Waals surface area contributed by atoms with E-state index in [-0.39, 0.29) is 42.3 Å². The molecule has 11 heteroatoms. The zero-order chi connectivity index (χ0) is 35.8. The van der Waals surface area contributed by atoms with Gasteiger partial charge in [0, 0.05) is 56.0 Å². The Morgan fingerprint density at radius 2 is 1.88 bits per heavy atom. The molecule has 0 spiro atoms. The van der Waals surface area contributed by atoms with Gasteiger partial charge in [-0.1, -0.05) is 36.4 Å². The predicted octanol–water partition coefficient (Wildman–Crippen LogP) is 6.79. The largest absolute Gasteiger partial charge is 0.493 e. The number of hydrogen-bond acceptors (Lipinski definition) is 7. The molecule has 1 saturated heterocycles. The Morgan fingerprint density at radius 1 is 1.08 bits per heavy atom. The number of amides is 2. The lowest BCUT2D eigenvalue weighted by molar-refractivity contribution is -0.116. The number of aliphatic imine (C=N–C) groups is 1. The average molecular weight is 683 g/mol. The molecule has 5 aromatic rings. The molecule has 4 heterocycles. The molecule has 51 heavy (non-hydrogen) atoms. The molecule has 0 bridgehead atoms. The molecule has 2 N–H and O–H groups in total. The molecular formula is C40H38N6O5. The molecule has 258 valence electrons. The summed E-state index contributed by atoms with van der Waals surface area (Å²) < 4.78 is 7.72. The number of ether oxygens (including phenoxy) is 1. The van der Waals surface area contributed by atoms with Crippen LogP contribution in [0.3, 0.4) is 0 Å². The molecule has 7 rings (SSSR count). The van der Waals surface area contributed by atoms with Crippen molar-refractivity contribution in [2.75, 3.05) is 18.5 Å². The third kappa shape index (κ3) is 7.00. The van der Waals surface area contributed by atoms with E-state index in [0.717, 1.165) is 39.7 Å². The summed E-state index contributed by atoms with van der Waals surface area (Å²) in [6, 6.07) is 18.2. The number of aromatic amines is 1. The molecule has 2 amide bonds. The molecule has 2 aromatic heterocycles. The van der Waals surface area contributed by atoms with Crippen LogP contribution in [0.5, 0.6) is 5.75 Å². The summed E-state index contributed by atoms with van der Waals surface area (Å²) >= 11 is 0. The van der Waals surface area contributed by atoms with E-state index in [4.69, 9.17) is 4.74 Å². The van der Waals surface area contributed by atoms with E-state index in [9.17, 15) is 19.2 Å². The van der Waals surface area contributed by atoms with Gasteiger partial charge >= 0.3 is 0 Å². The quantitative estimate of drug-likeness (QED) is 0.0894. The number of ketones is 2. The molecule has 3 aromatic carbocycles. The molecule has 1 fully saturated rings. The van der Waals surface area contributed by atoms with Crippen LogP contribution in [0, 0.1) is 6.92 Å². The summed E-state index contributed by atoms with van der Waals surface area (Å²) in [6.45, 7) is 8.31. The van der Waals surface area contributed by atoms with Gasteiger partial charge in [-0.05, 0) is 68.1 Å². The van der Waals surface area contributed by atoms with Crippen LogP contribution in [-0.4, -0.2) is 68.2 Å². The van der Waals surface area contributed by atoms with Crippen molar-refractivity contribution >= 4 is 52.0 Å². The average Bonchev–Trinajstić information content (AvgIpc) is 3.79. The molecule has 0 radical (unpaired) electrons. The number of carbonyl (C=O) groups is 4. The van der Waals surface area contributed by atoms with Crippen LogP contribution in [0.15, 0.2) is 84.0 Å². The van der Waals surface area contributed by atoms with Gasteiger partial charge in [0.1, 0.15) is 11.6 Å². The molecule has 11 nitrogen and oxygen atoms in total. The van der Waals surface area contributed by atoms with E-state index < -0.39 is 0 Å². The van der Waals surface area contributed by atoms with Gasteiger partial charge in [-0.3, -0.25) is 24.2 Å². The van der Waals surface area contributed by atoms with Gasteiger partial charge < -0.3 is 24.5 Å². The summed E-state index contributed by atoms with van der Waals surface area (Å²) in [5, 5.41) is 2.89. The van der Waals surface area contributed by atoms with Crippen molar-refractivity contribution in [2.24, 2.45) is 12.0 Å². The standard InChI is InChI=1S/C40H38N6O5/c1-23-14-30-20-41-33-19-37(24(2)15-31(33)40(50)46(30)21-23)51-13-5-6-38(49)42-29-18-35(45(4)22-29)36(48)16-26-7-9-27(10-8-26)39-43-32-12-11-28(25(3)47)17-34(32)44-39/h7-12,15,17-20,22,30H,1,5-6,13-14,16,21H2,2-4H3,(H,42,49)(H,43,44)/t30-/m0/s1. The van der Waals surface area contributed by atoms with Gasteiger partial charge in [0.05, 0.1) is 46.3 Å². The van der Waals surface area contributed by atoms with Gasteiger partial charge in [0.25, 0.3) is 5.91 Å². The van der Waals surface area contributed by atoms with E-state index in [0.29, 0.717) is 59.3 Å². The monoisotopic (exact) mass is 682 g/mol.